The maximum atomic E-state index is 10.0. The smallest absolute Gasteiger partial charge is 0.165 e. The molecule has 0 amide bonds. The van der Waals surface area contributed by atoms with Gasteiger partial charge < -0.3 is 4.57 Å². The highest BCUT2D eigenvalue weighted by Crippen LogP contribution is 2.40. The first-order valence-corrected chi connectivity index (χ1v) is 16.0. The number of nitriles is 1. The Kier molecular flexibility index (Phi) is 7.25. The molecule has 5 nitrogen and oxygen atoms in total. The van der Waals surface area contributed by atoms with E-state index in [9.17, 15) is 5.26 Å². The zero-order chi connectivity index (χ0) is 32.9. The van der Waals surface area contributed by atoms with Crippen LogP contribution in [0, 0.1) is 11.3 Å². The lowest BCUT2D eigenvalue weighted by atomic mass is 9.92. The Morgan fingerprint density at radius 2 is 1.02 bits per heavy atom. The van der Waals surface area contributed by atoms with Gasteiger partial charge in [-0.15, -0.1) is 0 Å². The molecule has 230 valence electrons. The van der Waals surface area contributed by atoms with Gasteiger partial charge in [-0.05, 0) is 64.7 Å². The van der Waals surface area contributed by atoms with E-state index in [1.54, 1.807) is 0 Å². The number of aromatic nitrogens is 4. The summed E-state index contributed by atoms with van der Waals surface area (Å²) in [6, 6.07) is 42.5. The van der Waals surface area contributed by atoms with Gasteiger partial charge in [0, 0.05) is 27.2 Å². The third-order valence-corrected chi connectivity index (χ3v) is 8.56. The summed E-state index contributed by atoms with van der Waals surface area (Å²) in [5.41, 5.74) is 8.46. The van der Waals surface area contributed by atoms with Gasteiger partial charge in [-0.3, -0.25) is 0 Å². The standard InChI is InChI=1S/C42H37N5/c1-41(2,3)39-44-38(45-40(46-39)42(4,5)6)34-23-27(26-43)17-20-37(34)47-35-21-18-30(28-13-9-7-10-14-28)24-32(35)33-25-31(19-22-36(33)47)29-15-11-8-12-16-29/h7-25H,1-6H3. The molecule has 0 fully saturated rings. The lowest BCUT2D eigenvalue weighted by molar-refractivity contribution is 0.497. The van der Waals surface area contributed by atoms with Crippen LogP contribution < -0.4 is 0 Å². The van der Waals surface area contributed by atoms with E-state index < -0.39 is 0 Å². The van der Waals surface area contributed by atoms with Crippen molar-refractivity contribution < 1.29 is 0 Å². The van der Waals surface area contributed by atoms with E-state index in [1.165, 1.54) is 11.1 Å². The van der Waals surface area contributed by atoms with Crippen LogP contribution in [0.2, 0.25) is 0 Å². The van der Waals surface area contributed by atoms with Crippen molar-refractivity contribution in [3.63, 3.8) is 0 Å². The number of rotatable bonds is 4. The largest absolute Gasteiger partial charge is 0.308 e. The summed E-state index contributed by atoms with van der Waals surface area (Å²) in [6.45, 7) is 12.7. The number of hydrogen-bond acceptors (Lipinski definition) is 4. The Labute approximate surface area is 276 Å². The van der Waals surface area contributed by atoms with Crippen LogP contribution in [0.5, 0.6) is 0 Å². The molecule has 5 heteroatoms. The molecule has 0 saturated heterocycles. The van der Waals surface area contributed by atoms with Crippen molar-refractivity contribution in [3.05, 3.63) is 132 Å². The maximum absolute atomic E-state index is 10.0. The first-order valence-electron chi connectivity index (χ1n) is 16.0. The van der Waals surface area contributed by atoms with Crippen molar-refractivity contribution in [2.45, 2.75) is 52.4 Å². The van der Waals surface area contributed by atoms with Crippen molar-refractivity contribution in [1.29, 1.82) is 5.26 Å². The van der Waals surface area contributed by atoms with Crippen molar-refractivity contribution in [2.75, 3.05) is 0 Å². The van der Waals surface area contributed by atoms with Crippen molar-refractivity contribution in [2.24, 2.45) is 0 Å². The minimum atomic E-state index is -0.292. The Hall–Kier alpha value is -5.60. The summed E-state index contributed by atoms with van der Waals surface area (Å²) < 4.78 is 2.29. The predicted octanol–water partition coefficient (Wildman–Crippen LogP) is 10.4. The van der Waals surface area contributed by atoms with Crippen molar-refractivity contribution in [1.82, 2.24) is 19.5 Å². The van der Waals surface area contributed by atoms with Crippen LogP contribution in [0.3, 0.4) is 0 Å². The molecule has 0 atom stereocenters. The van der Waals surface area contributed by atoms with Crippen LogP contribution in [0.4, 0.5) is 0 Å². The first kappa shape index (κ1) is 30.1. The average Bonchev–Trinajstić information content (AvgIpc) is 3.40. The molecule has 7 rings (SSSR count). The zero-order valence-corrected chi connectivity index (χ0v) is 27.7. The van der Waals surface area contributed by atoms with Crippen LogP contribution in [-0.4, -0.2) is 19.5 Å². The van der Waals surface area contributed by atoms with E-state index in [4.69, 9.17) is 15.0 Å². The Morgan fingerprint density at radius 3 is 1.47 bits per heavy atom. The van der Waals surface area contributed by atoms with E-state index in [0.29, 0.717) is 11.4 Å². The third kappa shape index (κ3) is 5.57. The number of benzene rings is 5. The highest BCUT2D eigenvalue weighted by Gasteiger charge is 2.27. The monoisotopic (exact) mass is 611 g/mol. The van der Waals surface area contributed by atoms with Gasteiger partial charge in [-0.2, -0.15) is 5.26 Å². The lowest BCUT2D eigenvalue weighted by Crippen LogP contribution is -2.24. The topological polar surface area (TPSA) is 67.4 Å². The van der Waals surface area contributed by atoms with E-state index in [1.807, 2.05) is 30.3 Å². The van der Waals surface area contributed by atoms with Crippen molar-refractivity contribution in [3.8, 4) is 45.4 Å². The zero-order valence-electron chi connectivity index (χ0n) is 27.7. The maximum Gasteiger partial charge on any atom is 0.165 e. The molecule has 2 heterocycles. The van der Waals surface area contributed by atoms with E-state index >= 15 is 0 Å². The van der Waals surface area contributed by atoms with Gasteiger partial charge in [-0.25, -0.2) is 15.0 Å². The van der Waals surface area contributed by atoms with Crippen LogP contribution >= 0.6 is 0 Å². The molecule has 0 spiro atoms. The number of hydrogen-bond donors (Lipinski definition) is 0. The molecule has 0 aliphatic heterocycles. The summed E-state index contributed by atoms with van der Waals surface area (Å²) in [4.78, 5) is 15.0. The predicted molar refractivity (Wildman–Crippen MR) is 193 cm³/mol. The SMILES string of the molecule is CC(C)(C)c1nc(-c2cc(C#N)ccc2-n2c3ccc(-c4ccccc4)cc3c3cc(-c4ccccc4)ccc32)nc(C(C)(C)C)n1. The van der Waals surface area contributed by atoms with E-state index in [-0.39, 0.29) is 10.8 Å². The van der Waals surface area contributed by atoms with E-state index in [0.717, 1.165) is 55.8 Å². The molecule has 0 N–H and O–H groups in total. The van der Waals surface area contributed by atoms with Gasteiger partial charge in [0.15, 0.2) is 5.82 Å². The summed E-state index contributed by atoms with van der Waals surface area (Å²) in [6.07, 6.45) is 0. The molecule has 0 aliphatic rings. The molecule has 0 radical (unpaired) electrons. The first-order chi connectivity index (χ1) is 22.5. The fourth-order valence-electron chi connectivity index (χ4n) is 6.05. The fourth-order valence-corrected chi connectivity index (χ4v) is 6.05. The van der Waals surface area contributed by atoms with Crippen LogP contribution in [-0.2, 0) is 10.8 Å². The fraction of sp³-hybridized carbons (Fsp3) is 0.190. The van der Waals surface area contributed by atoms with Crippen LogP contribution in [0.25, 0.3) is 61.1 Å². The number of nitrogens with zero attached hydrogens (tertiary/aromatic N) is 5. The summed E-state index contributed by atoms with van der Waals surface area (Å²) in [5, 5.41) is 12.3. The molecule has 2 aromatic heterocycles. The molecule has 0 bridgehead atoms. The lowest BCUT2D eigenvalue weighted by Gasteiger charge is -2.23. The van der Waals surface area contributed by atoms with Gasteiger partial charge in [0.2, 0.25) is 0 Å². The molecular formula is C42H37N5. The highest BCUT2D eigenvalue weighted by molar-refractivity contribution is 6.12. The Balaban J connectivity index is 1.56. The molecule has 0 saturated carbocycles. The molecule has 0 unspecified atom stereocenters. The van der Waals surface area contributed by atoms with Gasteiger partial charge in [0.05, 0.1) is 28.4 Å². The van der Waals surface area contributed by atoms with Gasteiger partial charge in [-0.1, -0.05) is 114 Å². The summed E-state index contributed by atoms with van der Waals surface area (Å²) in [5.74, 6) is 2.02. The average molecular weight is 612 g/mol. The normalized spacial score (nSPS) is 12.0. The van der Waals surface area contributed by atoms with Gasteiger partial charge in [0.25, 0.3) is 0 Å². The molecule has 0 aliphatic carbocycles. The quantitative estimate of drug-likeness (QED) is 0.199. The Morgan fingerprint density at radius 1 is 0.532 bits per heavy atom. The van der Waals surface area contributed by atoms with Crippen LogP contribution in [0.15, 0.2) is 115 Å². The Bertz CT molecular complexity index is 2180. The highest BCUT2D eigenvalue weighted by atomic mass is 15.1. The second-order valence-electron chi connectivity index (χ2n) is 14.2. The van der Waals surface area contributed by atoms with Gasteiger partial charge in [0.1, 0.15) is 11.6 Å². The van der Waals surface area contributed by atoms with Crippen molar-refractivity contribution >= 4 is 21.8 Å². The molecule has 5 aromatic carbocycles. The molecule has 7 aromatic rings. The minimum absolute atomic E-state index is 0.292. The van der Waals surface area contributed by atoms with E-state index in [2.05, 4.69) is 137 Å². The molecular weight excluding hydrogens is 574 g/mol. The van der Waals surface area contributed by atoms with Gasteiger partial charge >= 0.3 is 0 Å². The summed E-state index contributed by atoms with van der Waals surface area (Å²) >= 11 is 0. The second kappa shape index (κ2) is 11.3. The third-order valence-electron chi connectivity index (χ3n) is 8.56. The number of fused-ring (bicyclic) bond motifs is 3. The van der Waals surface area contributed by atoms with Crippen LogP contribution in [0.1, 0.15) is 58.8 Å². The molecule has 47 heavy (non-hydrogen) atoms. The minimum Gasteiger partial charge on any atom is -0.308 e. The summed E-state index contributed by atoms with van der Waals surface area (Å²) in [7, 11) is 0. The second-order valence-corrected chi connectivity index (χ2v) is 14.2.